The van der Waals surface area contributed by atoms with Crippen molar-refractivity contribution in [1.82, 2.24) is 14.7 Å². The Bertz CT molecular complexity index is 562. The van der Waals surface area contributed by atoms with Crippen LogP contribution in [0.15, 0.2) is 0 Å². The molecule has 21 heavy (non-hydrogen) atoms. The standard InChI is InChI=1S/C10H9F6N3O2/c11-9(12,13)4-19-6-1-2-18(8(20)21)3-5(6)7(17-19)10(14,15)16/h1-4H2,(H,20,21). The molecule has 1 aromatic heterocycles. The smallest absolute Gasteiger partial charge is 0.435 e. The van der Waals surface area contributed by atoms with Crippen LogP contribution in [0.4, 0.5) is 31.1 Å². The first-order chi connectivity index (χ1) is 9.49. The van der Waals surface area contributed by atoms with E-state index in [1.807, 2.05) is 0 Å². The summed E-state index contributed by atoms with van der Waals surface area (Å²) < 4.78 is 75.9. The second-order valence-electron chi connectivity index (χ2n) is 4.50. The van der Waals surface area contributed by atoms with Gasteiger partial charge in [-0.2, -0.15) is 31.4 Å². The van der Waals surface area contributed by atoms with Gasteiger partial charge in [0.15, 0.2) is 5.69 Å². The van der Waals surface area contributed by atoms with Gasteiger partial charge in [0.2, 0.25) is 0 Å². The SMILES string of the molecule is O=C(O)N1CCc2c(c(C(F)(F)F)nn2CC(F)(F)F)C1. The van der Waals surface area contributed by atoms with Gasteiger partial charge in [0.05, 0.1) is 6.54 Å². The summed E-state index contributed by atoms with van der Waals surface area (Å²) in [7, 11) is 0. The minimum atomic E-state index is -4.94. The molecule has 0 saturated carbocycles. The Kier molecular flexibility index (Phi) is 3.54. The Morgan fingerprint density at radius 3 is 2.33 bits per heavy atom. The molecule has 1 aliphatic rings. The zero-order valence-corrected chi connectivity index (χ0v) is 10.3. The van der Waals surface area contributed by atoms with Crippen molar-refractivity contribution in [2.45, 2.75) is 31.9 Å². The van der Waals surface area contributed by atoms with Crippen LogP contribution in [0, 0.1) is 0 Å². The topological polar surface area (TPSA) is 58.4 Å². The second kappa shape index (κ2) is 4.81. The predicted molar refractivity (Wildman–Crippen MR) is 55.4 cm³/mol. The van der Waals surface area contributed by atoms with E-state index >= 15 is 0 Å². The average Bonchev–Trinajstić information content (AvgIpc) is 2.65. The first-order valence-electron chi connectivity index (χ1n) is 5.69. The lowest BCUT2D eigenvalue weighted by atomic mass is 10.1. The van der Waals surface area contributed by atoms with Crippen LogP contribution in [-0.4, -0.2) is 38.6 Å². The molecule has 0 aliphatic carbocycles. The van der Waals surface area contributed by atoms with Gasteiger partial charge in [0.1, 0.15) is 6.54 Å². The number of carbonyl (C=O) groups is 1. The minimum Gasteiger partial charge on any atom is -0.465 e. The molecule has 0 aromatic carbocycles. The van der Waals surface area contributed by atoms with Gasteiger partial charge in [-0.1, -0.05) is 0 Å². The van der Waals surface area contributed by atoms with Gasteiger partial charge in [-0.15, -0.1) is 0 Å². The first-order valence-corrected chi connectivity index (χ1v) is 5.69. The van der Waals surface area contributed by atoms with Gasteiger partial charge < -0.3 is 10.0 Å². The molecule has 1 aliphatic heterocycles. The first kappa shape index (κ1) is 15.4. The van der Waals surface area contributed by atoms with Crippen molar-refractivity contribution in [2.24, 2.45) is 0 Å². The number of nitrogens with zero attached hydrogens (tertiary/aromatic N) is 3. The Morgan fingerprint density at radius 2 is 1.86 bits per heavy atom. The summed E-state index contributed by atoms with van der Waals surface area (Å²) in [6.07, 6.45) is -11.3. The van der Waals surface area contributed by atoms with Crippen molar-refractivity contribution in [3.8, 4) is 0 Å². The van der Waals surface area contributed by atoms with Crippen molar-refractivity contribution >= 4 is 6.09 Å². The van der Waals surface area contributed by atoms with Crippen molar-refractivity contribution in [1.29, 1.82) is 0 Å². The third kappa shape index (κ3) is 3.22. The molecule has 11 heteroatoms. The molecule has 0 atom stereocenters. The molecule has 5 nitrogen and oxygen atoms in total. The molecule has 0 radical (unpaired) electrons. The molecule has 1 amide bonds. The number of halogens is 6. The van der Waals surface area contributed by atoms with Crippen molar-refractivity contribution < 1.29 is 36.2 Å². The molecule has 2 heterocycles. The lowest BCUT2D eigenvalue weighted by molar-refractivity contribution is -0.149. The lowest BCUT2D eigenvalue weighted by Gasteiger charge is -2.25. The number of alkyl halides is 6. The predicted octanol–water partition coefficient (Wildman–Crippen LogP) is 2.50. The maximum atomic E-state index is 12.8. The quantitative estimate of drug-likeness (QED) is 0.810. The van der Waals surface area contributed by atoms with E-state index in [4.69, 9.17) is 5.11 Å². The van der Waals surface area contributed by atoms with E-state index in [1.165, 1.54) is 0 Å². The van der Waals surface area contributed by atoms with E-state index in [-0.39, 0.29) is 23.3 Å². The Hall–Kier alpha value is -1.94. The summed E-state index contributed by atoms with van der Waals surface area (Å²) in [5, 5.41) is 11.8. The lowest BCUT2D eigenvalue weighted by Crippen LogP contribution is -2.36. The van der Waals surface area contributed by atoms with E-state index in [0.29, 0.717) is 4.90 Å². The Balaban J connectivity index is 2.46. The number of carboxylic acid groups (broad SMARTS) is 1. The highest BCUT2D eigenvalue weighted by Gasteiger charge is 2.42. The third-order valence-corrected chi connectivity index (χ3v) is 3.00. The van der Waals surface area contributed by atoms with Crippen LogP contribution in [0.25, 0.3) is 0 Å². The van der Waals surface area contributed by atoms with Crippen LogP contribution in [0.5, 0.6) is 0 Å². The van der Waals surface area contributed by atoms with Crippen LogP contribution in [0.1, 0.15) is 17.0 Å². The van der Waals surface area contributed by atoms with Crippen molar-refractivity contribution in [2.75, 3.05) is 6.54 Å². The zero-order chi connectivity index (χ0) is 16.0. The number of amides is 1. The molecular weight excluding hydrogens is 308 g/mol. The van der Waals surface area contributed by atoms with Crippen LogP contribution < -0.4 is 0 Å². The van der Waals surface area contributed by atoms with E-state index in [9.17, 15) is 31.1 Å². The molecule has 2 rings (SSSR count). The van der Waals surface area contributed by atoms with Crippen LogP contribution in [0.3, 0.4) is 0 Å². The highest BCUT2D eigenvalue weighted by atomic mass is 19.4. The second-order valence-corrected chi connectivity index (χ2v) is 4.50. The van der Waals surface area contributed by atoms with Gasteiger partial charge >= 0.3 is 18.4 Å². The minimum absolute atomic E-state index is 0.177. The van der Waals surface area contributed by atoms with E-state index < -0.39 is 42.8 Å². The molecular formula is C10H9F6N3O2. The molecule has 1 aromatic rings. The maximum Gasteiger partial charge on any atom is 0.435 e. The summed E-state index contributed by atoms with van der Waals surface area (Å²) in [4.78, 5) is 11.5. The third-order valence-electron chi connectivity index (χ3n) is 3.00. The number of hydrogen-bond donors (Lipinski definition) is 1. The van der Waals surface area contributed by atoms with Crippen molar-refractivity contribution in [3.05, 3.63) is 17.0 Å². The van der Waals surface area contributed by atoms with Gasteiger partial charge in [0, 0.05) is 24.2 Å². The Labute approximate surface area is 113 Å². The van der Waals surface area contributed by atoms with E-state index in [0.717, 1.165) is 0 Å². The zero-order valence-electron chi connectivity index (χ0n) is 10.3. The van der Waals surface area contributed by atoms with Crippen LogP contribution in [-0.2, 0) is 25.7 Å². The summed E-state index contributed by atoms with van der Waals surface area (Å²) in [6.45, 7) is -2.45. The monoisotopic (exact) mass is 317 g/mol. The molecule has 0 spiro atoms. The van der Waals surface area contributed by atoms with Gasteiger partial charge in [-0.05, 0) is 0 Å². The van der Waals surface area contributed by atoms with Gasteiger partial charge in [-0.3, -0.25) is 4.68 Å². The fraction of sp³-hybridized carbons (Fsp3) is 0.600. The highest BCUT2D eigenvalue weighted by Crippen LogP contribution is 2.36. The van der Waals surface area contributed by atoms with Crippen LogP contribution in [0.2, 0.25) is 0 Å². The van der Waals surface area contributed by atoms with Gasteiger partial charge in [0.25, 0.3) is 0 Å². The molecule has 0 saturated heterocycles. The van der Waals surface area contributed by atoms with E-state index in [2.05, 4.69) is 5.10 Å². The van der Waals surface area contributed by atoms with Crippen molar-refractivity contribution in [3.63, 3.8) is 0 Å². The fourth-order valence-electron chi connectivity index (χ4n) is 2.18. The largest absolute Gasteiger partial charge is 0.465 e. The summed E-state index contributed by atoms with van der Waals surface area (Å²) in [5.74, 6) is 0. The molecule has 0 unspecified atom stereocenters. The van der Waals surface area contributed by atoms with Gasteiger partial charge in [-0.25, -0.2) is 4.79 Å². The van der Waals surface area contributed by atoms with E-state index in [1.54, 1.807) is 0 Å². The van der Waals surface area contributed by atoms with Crippen LogP contribution >= 0.6 is 0 Å². The molecule has 118 valence electrons. The summed E-state index contributed by atoms with van der Waals surface area (Å²) >= 11 is 0. The summed E-state index contributed by atoms with van der Waals surface area (Å²) in [5.41, 5.74) is -2.20. The summed E-state index contributed by atoms with van der Waals surface area (Å²) in [6, 6.07) is 0. The fourth-order valence-corrected chi connectivity index (χ4v) is 2.18. The Morgan fingerprint density at radius 1 is 1.24 bits per heavy atom. The molecule has 1 N–H and O–H groups in total. The molecule has 0 bridgehead atoms. The number of hydrogen-bond acceptors (Lipinski definition) is 2. The average molecular weight is 317 g/mol. The normalized spacial score (nSPS) is 16.0. The molecule has 0 fully saturated rings. The maximum absolute atomic E-state index is 12.8. The highest BCUT2D eigenvalue weighted by molar-refractivity contribution is 5.65. The number of aromatic nitrogens is 2. The number of rotatable bonds is 1. The number of fused-ring (bicyclic) bond motifs is 1.